The number of halogens is 4. The largest absolute Gasteiger partial charge is 0.417 e. The highest BCUT2D eigenvalue weighted by Gasteiger charge is 2.33. The first-order valence-electron chi connectivity index (χ1n) is 6.15. The van der Waals surface area contributed by atoms with Crippen molar-refractivity contribution < 1.29 is 18.0 Å². The van der Waals surface area contributed by atoms with Crippen LogP contribution in [0.15, 0.2) is 12.3 Å². The Morgan fingerprint density at radius 3 is 2.63 bits per heavy atom. The van der Waals surface area contributed by atoms with Crippen molar-refractivity contribution >= 4 is 17.4 Å². The molecule has 1 aromatic rings. The molecular weight excluding hydrogens is 279 g/mol. The van der Waals surface area contributed by atoms with E-state index >= 15 is 0 Å². The second-order valence-electron chi connectivity index (χ2n) is 4.71. The molecule has 0 saturated heterocycles. The maximum atomic E-state index is 12.5. The van der Waals surface area contributed by atoms with E-state index < -0.39 is 17.7 Å². The van der Waals surface area contributed by atoms with Crippen LogP contribution in [0.25, 0.3) is 0 Å². The topological polar surface area (TPSA) is 30.0 Å². The number of ketones is 1. The number of aromatic nitrogens is 1. The zero-order valence-electron chi connectivity index (χ0n) is 10.1. The van der Waals surface area contributed by atoms with E-state index in [1.165, 1.54) is 0 Å². The molecule has 19 heavy (non-hydrogen) atoms. The summed E-state index contributed by atoms with van der Waals surface area (Å²) in [5, 5.41) is -0.0740. The van der Waals surface area contributed by atoms with Crippen molar-refractivity contribution in [3.05, 3.63) is 28.5 Å². The number of alkyl halides is 3. The van der Waals surface area contributed by atoms with Gasteiger partial charge in [-0.2, -0.15) is 13.2 Å². The van der Waals surface area contributed by atoms with Crippen LogP contribution >= 0.6 is 11.6 Å². The van der Waals surface area contributed by atoms with Crippen molar-refractivity contribution in [3.8, 4) is 0 Å². The van der Waals surface area contributed by atoms with Gasteiger partial charge in [0.1, 0.15) is 5.78 Å². The Bertz CT molecular complexity index is 487. The Morgan fingerprint density at radius 2 is 2.00 bits per heavy atom. The highest BCUT2D eigenvalue weighted by atomic mass is 35.5. The summed E-state index contributed by atoms with van der Waals surface area (Å²) in [5.41, 5.74) is -0.608. The van der Waals surface area contributed by atoms with Gasteiger partial charge in [-0.15, -0.1) is 0 Å². The van der Waals surface area contributed by atoms with E-state index in [0.29, 0.717) is 12.8 Å². The lowest BCUT2D eigenvalue weighted by Gasteiger charge is -2.15. The summed E-state index contributed by atoms with van der Waals surface area (Å²) in [6, 6.07) is 0.849. The van der Waals surface area contributed by atoms with Gasteiger partial charge in [0.05, 0.1) is 22.2 Å². The summed E-state index contributed by atoms with van der Waals surface area (Å²) in [4.78, 5) is 15.7. The highest BCUT2D eigenvalue weighted by molar-refractivity contribution is 6.31. The molecule has 1 aromatic heterocycles. The van der Waals surface area contributed by atoms with Gasteiger partial charge in [-0.05, 0) is 18.9 Å². The summed E-state index contributed by atoms with van der Waals surface area (Å²) < 4.78 is 37.6. The Kier molecular flexibility index (Phi) is 4.13. The van der Waals surface area contributed by atoms with Gasteiger partial charge in [0, 0.05) is 12.6 Å². The van der Waals surface area contributed by atoms with Crippen LogP contribution in [-0.4, -0.2) is 10.8 Å². The van der Waals surface area contributed by atoms with Crippen LogP contribution in [0.3, 0.4) is 0 Å². The van der Waals surface area contributed by atoms with Gasteiger partial charge >= 0.3 is 6.18 Å². The zero-order chi connectivity index (χ0) is 14.0. The first kappa shape index (κ1) is 14.3. The first-order chi connectivity index (χ1) is 8.89. The summed E-state index contributed by atoms with van der Waals surface area (Å²) in [5.74, 6) is -0.441. The monoisotopic (exact) mass is 291 g/mol. The van der Waals surface area contributed by atoms with E-state index in [0.717, 1.165) is 31.5 Å². The van der Waals surface area contributed by atoms with Gasteiger partial charge in [-0.25, -0.2) is 0 Å². The van der Waals surface area contributed by atoms with Crippen molar-refractivity contribution in [3.63, 3.8) is 0 Å². The van der Waals surface area contributed by atoms with Crippen LogP contribution in [0.1, 0.15) is 49.3 Å². The van der Waals surface area contributed by atoms with Crippen LogP contribution in [0, 0.1) is 0 Å². The molecule has 104 valence electrons. The van der Waals surface area contributed by atoms with Crippen molar-refractivity contribution in [2.75, 3.05) is 0 Å². The minimum Gasteiger partial charge on any atom is -0.299 e. The van der Waals surface area contributed by atoms with Crippen molar-refractivity contribution in [1.29, 1.82) is 0 Å². The summed E-state index contributed by atoms with van der Waals surface area (Å²) in [6.45, 7) is 0. The number of hydrogen-bond acceptors (Lipinski definition) is 2. The maximum Gasteiger partial charge on any atom is 0.417 e. The number of pyridine rings is 1. The Balaban J connectivity index is 2.32. The first-order valence-corrected chi connectivity index (χ1v) is 6.53. The maximum absolute atomic E-state index is 12.5. The summed E-state index contributed by atoms with van der Waals surface area (Å²) in [6.07, 6.45) is -0.00779. The van der Waals surface area contributed by atoms with Gasteiger partial charge in [0.25, 0.3) is 0 Å². The average molecular weight is 292 g/mol. The predicted molar refractivity (Wildman–Crippen MR) is 65.1 cm³/mol. The Labute approximate surface area is 114 Å². The normalized spacial score (nSPS) is 21.3. The molecule has 2 nitrogen and oxygen atoms in total. The Hall–Kier alpha value is -1.10. The zero-order valence-corrected chi connectivity index (χ0v) is 10.9. The molecule has 1 fully saturated rings. The van der Waals surface area contributed by atoms with Gasteiger partial charge < -0.3 is 0 Å². The van der Waals surface area contributed by atoms with Crippen molar-refractivity contribution in [1.82, 2.24) is 4.98 Å². The molecule has 0 radical (unpaired) electrons. The van der Waals surface area contributed by atoms with Crippen LogP contribution in [0.5, 0.6) is 0 Å². The standard InChI is InChI=1S/C13H13ClF3NO/c14-10-6-8(13(15,16)17)7-18-12(10)9-4-2-1-3-5-11(9)19/h6-7,9H,1-5H2/t9-/m1/s1. The molecule has 0 aromatic carbocycles. The fourth-order valence-corrected chi connectivity index (χ4v) is 2.61. The van der Waals surface area contributed by atoms with E-state index in [1.807, 2.05) is 0 Å². The molecule has 1 aliphatic rings. The number of carbonyl (C=O) groups excluding carboxylic acids is 1. The van der Waals surface area contributed by atoms with Crippen LogP contribution in [-0.2, 0) is 11.0 Å². The number of Topliss-reactive ketones (excluding diaryl/α,β-unsaturated/α-hetero) is 1. The minimum atomic E-state index is -4.47. The molecule has 1 saturated carbocycles. The Morgan fingerprint density at radius 1 is 1.26 bits per heavy atom. The fraction of sp³-hybridized carbons (Fsp3) is 0.538. The minimum absolute atomic E-state index is 0.0201. The molecule has 0 bridgehead atoms. The molecule has 2 rings (SSSR count). The molecule has 6 heteroatoms. The van der Waals surface area contributed by atoms with E-state index in [2.05, 4.69) is 4.98 Å². The molecule has 0 unspecified atom stereocenters. The van der Waals surface area contributed by atoms with Crippen molar-refractivity contribution in [2.24, 2.45) is 0 Å². The third kappa shape index (κ3) is 3.26. The molecular formula is C13H13ClF3NO. The third-order valence-corrected chi connectivity index (χ3v) is 3.63. The third-order valence-electron chi connectivity index (χ3n) is 3.33. The van der Waals surface area contributed by atoms with E-state index in [4.69, 9.17) is 11.6 Å². The number of rotatable bonds is 1. The molecule has 1 heterocycles. The summed E-state index contributed by atoms with van der Waals surface area (Å²) in [7, 11) is 0. The number of nitrogens with zero attached hydrogens (tertiary/aromatic N) is 1. The van der Waals surface area contributed by atoms with Gasteiger partial charge in [0.2, 0.25) is 0 Å². The predicted octanol–water partition coefficient (Wildman–Crippen LogP) is 4.37. The smallest absolute Gasteiger partial charge is 0.299 e. The molecule has 1 aliphatic carbocycles. The van der Waals surface area contributed by atoms with Crippen molar-refractivity contribution in [2.45, 2.75) is 44.2 Å². The average Bonchev–Trinajstić information content (AvgIpc) is 2.53. The van der Waals surface area contributed by atoms with E-state index in [1.54, 1.807) is 0 Å². The number of hydrogen-bond donors (Lipinski definition) is 0. The lowest BCUT2D eigenvalue weighted by atomic mass is 9.94. The van der Waals surface area contributed by atoms with Crippen LogP contribution in [0.2, 0.25) is 5.02 Å². The molecule has 0 amide bonds. The molecule has 1 atom stereocenters. The second-order valence-corrected chi connectivity index (χ2v) is 5.11. The van der Waals surface area contributed by atoms with Gasteiger partial charge in [-0.1, -0.05) is 24.4 Å². The van der Waals surface area contributed by atoms with Crippen LogP contribution in [0.4, 0.5) is 13.2 Å². The van der Waals surface area contributed by atoms with Gasteiger partial charge in [0.15, 0.2) is 0 Å². The van der Waals surface area contributed by atoms with Crippen LogP contribution < -0.4 is 0 Å². The molecule has 0 N–H and O–H groups in total. The second kappa shape index (κ2) is 5.49. The lowest BCUT2D eigenvalue weighted by molar-refractivity contribution is -0.137. The van der Waals surface area contributed by atoms with E-state index in [9.17, 15) is 18.0 Å². The highest BCUT2D eigenvalue weighted by Crippen LogP contribution is 2.35. The van der Waals surface area contributed by atoms with E-state index in [-0.39, 0.29) is 16.5 Å². The SMILES string of the molecule is O=C1CCCCC[C@H]1c1ncc(C(F)(F)F)cc1Cl. The number of carbonyl (C=O) groups is 1. The fourth-order valence-electron chi connectivity index (χ4n) is 2.31. The molecule has 0 aliphatic heterocycles. The lowest BCUT2D eigenvalue weighted by Crippen LogP contribution is -2.14. The molecule has 0 spiro atoms. The quantitative estimate of drug-likeness (QED) is 0.719. The van der Waals surface area contributed by atoms with Gasteiger partial charge in [-0.3, -0.25) is 9.78 Å². The summed E-state index contributed by atoms with van der Waals surface area (Å²) >= 11 is 5.87.